The Kier molecular flexibility index (Phi) is 8.22. The predicted octanol–water partition coefficient (Wildman–Crippen LogP) is 5.89. The van der Waals surface area contributed by atoms with Gasteiger partial charge in [-0.15, -0.1) is 11.8 Å². The number of carbonyl (C=O) groups excluding carboxylic acids is 1. The van der Waals surface area contributed by atoms with Crippen LogP contribution in [0.25, 0.3) is 0 Å². The van der Waals surface area contributed by atoms with E-state index in [0.717, 1.165) is 17.7 Å². The van der Waals surface area contributed by atoms with E-state index in [0.29, 0.717) is 21.6 Å². The van der Waals surface area contributed by atoms with Gasteiger partial charge in [-0.2, -0.15) is 5.26 Å². The van der Waals surface area contributed by atoms with Gasteiger partial charge in [0.15, 0.2) is 0 Å². The van der Waals surface area contributed by atoms with Crippen LogP contribution in [0.3, 0.4) is 0 Å². The van der Waals surface area contributed by atoms with Gasteiger partial charge in [0.2, 0.25) is 0 Å². The first-order valence-electron chi connectivity index (χ1n) is 9.77. The SMILES string of the molecule is CCc1ccc(NC(SCc2ccc(Cl)cc2)=C(C#N)C(=O)NCc2ccco2)cc1. The molecule has 158 valence electrons. The highest BCUT2D eigenvalue weighted by molar-refractivity contribution is 8.02. The van der Waals surface area contributed by atoms with Crippen molar-refractivity contribution in [3.05, 3.63) is 99.4 Å². The van der Waals surface area contributed by atoms with Gasteiger partial charge in [-0.1, -0.05) is 42.8 Å². The number of benzene rings is 2. The Balaban J connectivity index is 1.81. The van der Waals surface area contributed by atoms with E-state index in [1.54, 1.807) is 12.1 Å². The molecule has 0 saturated carbocycles. The maximum absolute atomic E-state index is 12.8. The molecule has 0 fully saturated rings. The van der Waals surface area contributed by atoms with Crippen LogP contribution in [-0.4, -0.2) is 5.91 Å². The Bertz CT molecular complexity index is 1070. The van der Waals surface area contributed by atoms with Crippen LogP contribution in [-0.2, 0) is 23.5 Å². The molecule has 0 radical (unpaired) electrons. The number of halogens is 1. The Labute approximate surface area is 191 Å². The molecule has 0 spiro atoms. The Morgan fingerprint density at radius 2 is 1.81 bits per heavy atom. The van der Waals surface area contributed by atoms with E-state index in [1.165, 1.54) is 23.6 Å². The molecule has 1 amide bonds. The van der Waals surface area contributed by atoms with Crippen molar-refractivity contribution >= 4 is 35.0 Å². The number of hydrogen-bond acceptors (Lipinski definition) is 5. The lowest BCUT2D eigenvalue weighted by molar-refractivity contribution is -0.117. The molecule has 0 aliphatic carbocycles. The Hall–Kier alpha value is -3.14. The van der Waals surface area contributed by atoms with Crippen LogP contribution >= 0.6 is 23.4 Å². The number of anilines is 1. The average molecular weight is 452 g/mol. The number of nitrogens with one attached hydrogen (secondary N) is 2. The topological polar surface area (TPSA) is 78.1 Å². The molecule has 2 aromatic carbocycles. The standard InChI is InChI=1S/C24H22ClN3O2S/c1-2-17-7-11-20(12-8-17)28-24(31-16-18-5-9-19(25)10-6-18)22(14-26)23(29)27-15-21-4-3-13-30-21/h3-13,28H,2,15-16H2,1H3,(H,27,29). The molecular formula is C24H22ClN3O2S. The van der Waals surface area contributed by atoms with Crippen molar-refractivity contribution in [1.29, 1.82) is 5.26 Å². The van der Waals surface area contributed by atoms with Crippen LogP contribution in [0.2, 0.25) is 5.02 Å². The van der Waals surface area contributed by atoms with Crippen molar-refractivity contribution in [2.45, 2.75) is 25.6 Å². The average Bonchev–Trinajstić information content (AvgIpc) is 3.31. The molecule has 3 aromatic rings. The molecular weight excluding hydrogens is 430 g/mol. The number of hydrogen-bond donors (Lipinski definition) is 2. The molecule has 31 heavy (non-hydrogen) atoms. The van der Waals surface area contributed by atoms with Crippen LogP contribution in [0.4, 0.5) is 5.69 Å². The molecule has 0 atom stereocenters. The van der Waals surface area contributed by atoms with Crippen LogP contribution < -0.4 is 10.6 Å². The van der Waals surface area contributed by atoms with Crippen molar-refractivity contribution in [3.8, 4) is 6.07 Å². The van der Waals surface area contributed by atoms with Gasteiger partial charge in [-0.25, -0.2) is 0 Å². The summed E-state index contributed by atoms with van der Waals surface area (Å²) in [6.07, 6.45) is 2.48. The minimum Gasteiger partial charge on any atom is -0.467 e. The maximum atomic E-state index is 12.8. The first-order valence-corrected chi connectivity index (χ1v) is 11.1. The van der Waals surface area contributed by atoms with E-state index in [1.807, 2.05) is 48.5 Å². The second kappa shape index (κ2) is 11.3. The number of amides is 1. The number of thioether (sulfide) groups is 1. The molecule has 0 saturated heterocycles. The number of furan rings is 1. The Morgan fingerprint density at radius 1 is 1.10 bits per heavy atom. The fourth-order valence-electron chi connectivity index (χ4n) is 2.74. The molecule has 0 aliphatic heterocycles. The molecule has 0 aliphatic rings. The second-order valence-electron chi connectivity index (χ2n) is 6.67. The van der Waals surface area contributed by atoms with Crippen molar-refractivity contribution in [3.63, 3.8) is 0 Å². The molecule has 3 rings (SSSR count). The molecule has 5 nitrogen and oxygen atoms in total. The highest BCUT2D eigenvalue weighted by Gasteiger charge is 2.17. The van der Waals surface area contributed by atoms with Crippen molar-refractivity contribution in [2.75, 3.05) is 5.32 Å². The van der Waals surface area contributed by atoms with E-state index in [9.17, 15) is 10.1 Å². The quantitative estimate of drug-likeness (QED) is 0.313. The normalized spacial score (nSPS) is 11.4. The molecule has 0 bridgehead atoms. The van der Waals surface area contributed by atoms with Gasteiger partial charge in [0, 0.05) is 16.5 Å². The molecule has 1 aromatic heterocycles. The van der Waals surface area contributed by atoms with E-state index < -0.39 is 5.91 Å². The summed E-state index contributed by atoms with van der Waals surface area (Å²) < 4.78 is 5.24. The fourth-order valence-corrected chi connectivity index (χ4v) is 3.84. The molecule has 7 heteroatoms. The summed E-state index contributed by atoms with van der Waals surface area (Å²) in [6.45, 7) is 2.30. The number of rotatable bonds is 9. The largest absolute Gasteiger partial charge is 0.467 e. The van der Waals surface area contributed by atoms with Crippen LogP contribution in [0.5, 0.6) is 0 Å². The zero-order valence-corrected chi connectivity index (χ0v) is 18.6. The lowest BCUT2D eigenvalue weighted by Gasteiger charge is -2.14. The summed E-state index contributed by atoms with van der Waals surface area (Å²) in [5, 5.41) is 16.9. The lowest BCUT2D eigenvalue weighted by atomic mass is 10.1. The molecule has 1 heterocycles. The minimum absolute atomic E-state index is 0.0186. The number of nitriles is 1. The van der Waals surface area contributed by atoms with Crippen molar-refractivity contribution < 1.29 is 9.21 Å². The summed E-state index contributed by atoms with van der Waals surface area (Å²) in [5.41, 5.74) is 3.07. The predicted molar refractivity (Wildman–Crippen MR) is 125 cm³/mol. The zero-order chi connectivity index (χ0) is 22.1. The van der Waals surface area contributed by atoms with Gasteiger partial charge in [0.1, 0.15) is 17.4 Å². The van der Waals surface area contributed by atoms with Crippen LogP contribution in [0.15, 0.2) is 81.9 Å². The van der Waals surface area contributed by atoms with E-state index in [-0.39, 0.29) is 12.1 Å². The number of carbonyl (C=O) groups is 1. The smallest absolute Gasteiger partial charge is 0.265 e. The first-order chi connectivity index (χ1) is 15.1. The van der Waals surface area contributed by atoms with Gasteiger partial charge < -0.3 is 15.1 Å². The highest BCUT2D eigenvalue weighted by Crippen LogP contribution is 2.27. The second-order valence-corrected chi connectivity index (χ2v) is 8.09. The summed E-state index contributed by atoms with van der Waals surface area (Å²) in [6, 6.07) is 21.0. The Morgan fingerprint density at radius 3 is 2.42 bits per heavy atom. The van der Waals surface area contributed by atoms with Crippen LogP contribution in [0.1, 0.15) is 23.8 Å². The highest BCUT2D eigenvalue weighted by atomic mass is 35.5. The van der Waals surface area contributed by atoms with Gasteiger partial charge in [-0.3, -0.25) is 4.79 Å². The summed E-state index contributed by atoms with van der Waals surface area (Å²) in [5.74, 6) is 0.725. The van der Waals surface area contributed by atoms with Crippen molar-refractivity contribution in [1.82, 2.24) is 5.32 Å². The third-order valence-corrected chi connectivity index (χ3v) is 5.81. The number of aryl methyl sites for hydroxylation is 1. The van der Waals surface area contributed by atoms with E-state index >= 15 is 0 Å². The van der Waals surface area contributed by atoms with Gasteiger partial charge in [0.25, 0.3) is 5.91 Å². The van der Waals surface area contributed by atoms with Gasteiger partial charge >= 0.3 is 0 Å². The van der Waals surface area contributed by atoms with Crippen molar-refractivity contribution in [2.24, 2.45) is 0 Å². The van der Waals surface area contributed by atoms with Gasteiger partial charge in [-0.05, 0) is 53.9 Å². The molecule has 2 N–H and O–H groups in total. The number of nitrogens with zero attached hydrogens (tertiary/aromatic N) is 1. The molecule has 0 unspecified atom stereocenters. The van der Waals surface area contributed by atoms with E-state index in [2.05, 4.69) is 23.6 Å². The maximum Gasteiger partial charge on any atom is 0.265 e. The monoisotopic (exact) mass is 451 g/mol. The summed E-state index contributed by atoms with van der Waals surface area (Å²) in [7, 11) is 0. The fraction of sp³-hybridized carbons (Fsp3) is 0.167. The van der Waals surface area contributed by atoms with E-state index in [4.69, 9.17) is 16.0 Å². The van der Waals surface area contributed by atoms with Gasteiger partial charge in [0.05, 0.1) is 17.8 Å². The lowest BCUT2D eigenvalue weighted by Crippen LogP contribution is -2.25. The minimum atomic E-state index is -0.463. The zero-order valence-electron chi connectivity index (χ0n) is 17.0. The van der Waals surface area contributed by atoms with Crippen LogP contribution in [0, 0.1) is 11.3 Å². The first kappa shape index (κ1) is 22.5. The third kappa shape index (κ3) is 6.68. The summed E-state index contributed by atoms with van der Waals surface area (Å²) >= 11 is 7.35. The summed E-state index contributed by atoms with van der Waals surface area (Å²) in [4.78, 5) is 12.8. The third-order valence-electron chi connectivity index (χ3n) is 4.49.